The molecule has 2 aliphatic heterocycles. The van der Waals surface area contributed by atoms with Crippen molar-refractivity contribution in [1.29, 1.82) is 0 Å². The highest BCUT2D eigenvalue weighted by Gasteiger charge is 2.30. The number of carbonyl (C=O) groups excluding carboxylic acids is 1. The van der Waals surface area contributed by atoms with E-state index in [-0.39, 0.29) is 18.4 Å². The molecule has 2 N–H and O–H groups in total. The molecule has 0 spiro atoms. The van der Waals surface area contributed by atoms with Gasteiger partial charge in [-0.2, -0.15) is 5.10 Å². The number of fused-ring (bicyclic) bond motifs is 2. The molecule has 5 heterocycles. The van der Waals surface area contributed by atoms with E-state index < -0.39 is 0 Å². The van der Waals surface area contributed by atoms with Crippen LogP contribution >= 0.6 is 12.4 Å². The van der Waals surface area contributed by atoms with Crippen LogP contribution in [0.5, 0.6) is 0 Å². The van der Waals surface area contributed by atoms with E-state index in [1.165, 1.54) is 5.69 Å². The van der Waals surface area contributed by atoms with Crippen molar-refractivity contribution >= 4 is 41.4 Å². The van der Waals surface area contributed by atoms with Crippen molar-refractivity contribution < 1.29 is 4.79 Å². The lowest BCUT2D eigenvalue weighted by Gasteiger charge is -2.34. The standard InChI is InChI=1S/C20H25N9O.ClH/c1-12-10-27(9-7-21-12)16-4-6-22-19-15(16)5-8-28(19)20(30)25-17-11-29-18(13(2)23-17)24-14(3)26-29;/h4,6,11-12,21H,5,7-10H2,1-3H3,(H,25,30);1H/t12-;/m0./s1. The molecule has 0 radical (unpaired) electrons. The number of urea groups is 1. The Morgan fingerprint density at radius 3 is 2.90 bits per heavy atom. The molecular weight excluding hydrogens is 418 g/mol. The Labute approximate surface area is 186 Å². The number of rotatable bonds is 2. The number of piperazine rings is 1. The number of hydrogen-bond acceptors (Lipinski definition) is 7. The lowest BCUT2D eigenvalue weighted by molar-refractivity contribution is 0.257. The van der Waals surface area contributed by atoms with Gasteiger partial charge in [0.1, 0.15) is 11.6 Å². The van der Waals surface area contributed by atoms with Gasteiger partial charge in [-0.1, -0.05) is 0 Å². The van der Waals surface area contributed by atoms with Crippen LogP contribution in [-0.2, 0) is 6.42 Å². The van der Waals surface area contributed by atoms with E-state index in [4.69, 9.17) is 0 Å². The Balaban J connectivity index is 0.00000231. The van der Waals surface area contributed by atoms with Crippen molar-refractivity contribution in [1.82, 2.24) is 29.9 Å². The minimum atomic E-state index is -0.241. The summed E-state index contributed by atoms with van der Waals surface area (Å²) in [7, 11) is 0. The molecule has 0 saturated carbocycles. The topological polar surface area (TPSA) is 104 Å². The van der Waals surface area contributed by atoms with Crippen LogP contribution < -0.4 is 20.4 Å². The van der Waals surface area contributed by atoms with Crippen LogP contribution in [0.4, 0.5) is 22.1 Å². The molecule has 2 aliphatic rings. The van der Waals surface area contributed by atoms with Crippen LogP contribution in [-0.4, -0.2) is 62.8 Å². The molecule has 0 unspecified atom stereocenters. The van der Waals surface area contributed by atoms with Gasteiger partial charge in [0.05, 0.1) is 11.9 Å². The number of aromatic nitrogens is 5. The third kappa shape index (κ3) is 3.88. The molecule has 1 fully saturated rings. The second kappa shape index (κ2) is 8.27. The lowest BCUT2D eigenvalue weighted by Crippen LogP contribution is -2.49. The smallest absolute Gasteiger partial charge is 0.328 e. The zero-order chi connectivity index (χ0) is 20.8. The predicted octanol–water partition coefficient (Wildman–Crippen LogP) is 1.95. The summed E-state index contributed by atoms with van der Waals surface area (Å²) in [4.78, 5) is 30.4. The van der Waals surface area contributed by atoms with Gasteiger partial charge in [-0.15, -0.1) is 12.4 Å². The summed E-state index contributed by atoms with van der Waals surface area (Å²) < 4.78 is 1.65. The summed E-state index contributed by atoms with van der Waals surface area (Å²) in [5.41, 5.74) is 3.71. The molecule has 0 aliphatic carbocycles. The van der Waals surface area contributed by atoms with Crippen molar-refractivity contribution in [3.63, 3.8) is 0 Å². The molecule has 31 heavy (non-hydrogen) atoms. The van der Waals surface area contributed by atoms with Crippen molar-refractivity contribution in [3.05, 3.63) is 35.5 Å². The number of aryl methyl sites for hydroxylation is 2. The van der Waals surface area contributed by atoms with Gasteiger partial charge in [0, 0.05) is 49.7 Å². The van der Waals surface area contributed by atoms with E-state index in [9.17, 15) is 4.79 Å². The number of amides is 2. The molecule has 10 nitrogen and oxygen atoms in total. The Morgan fingerprint density at radius 2 is 2.10 bits per heavy atom. The molecule has 164 valence electrons. The molecule has 1 saturated heterocycles. The third-order valence-electron chi connectivity index (χ3n) is 5.63. The van der Waals surface area contributed by atoms with Crippen molar-refractivity contribution in [3.8, 4) is 0 Å². The van der Waals surface area contributed by atoms with E-state index in [2.05, 4.69) is 48.6 Å². The van der Waals surface area contributed by atoms with E-state index in [0.29, 0.717) is 35.6 Å². The van der Waals surface area contributed by atoms with Gasteiger partial charge >= 0.3 is 6.03 Å². The summed E-state index contributed by atoms with van der Waals surface area (Å²) in [6.07, 6.45) is 4.26. The summed E-state index contributed by atoms with van der Waals surface area (Å²) >= 11 is 0. The van der Waals surface area contributed by atoms with Gasteiger partial charge in [0.25, 0.3) is 0 Å². The maximum atomic E-state index is 13.0. The van der Waals surface area contributed by atoms with Gasteiger partial charge < -0.3 is 10.2 Å². The Bertz CT molecular complexity index is 1130. The van der Waals surface area contributed by atoms with Gasteiger partial charge in [0.15, 0.2) is 11.5 Å². The second-order valence-electron chi connectivity index (χ2n) is 7.90. The first-order chi connectivity index (χ1) is 14.5. The highest BCUT2D eigenvalue weighted by atomic mass is 35.5. The largest absolute Gasteiger partial charge is 0.368 e. The zero-order valence-corrected chi connectivity index (χ0v) is 18.6. The Morgan fingerprint density at radius 1 is 1.26 bits per heavy atom. The monoisotopic (exact) mass is 443 g/mol. The van der Waals surface area contributed by atoms with E-state index >= 15 is 0 Å². The fraction of sp³-hybridized carbons (Fsp3) is 0.450. The molecule has 11 heteroatoms. The quantitative estimate of drug-likeness (QED) is 0.623. The van der Waals surface area contributed by atoms with Gasteiger partial charge in [-0.25, -0.2) is 24.3 Å². The molecule has 3 aromatic rings. The number of hydrogen-bond donors (Lipinski definition) is 2. The normalized spacial score (nSPS) is 18.1. The average molecular weight is 444 g/mol. The summed E-state index contributed by atoms with van der Waals surface area (Å²) in [5, 5.41) is 10.7. The van der Waals surface area contributed by atoms with E-state index in [1.807, 2.05) is 13.8 Å². The molecule has 0 bridgehead atoms. The molecular formula is C20H26ClN9O. The van der Waals surface area contributed by atoms with Crippen molar-refractivity contribution in [2.24, 2.45) is 0 Å². The number of carbonyl (C=O) groups is 1. The van der Waals surface area contributed by atoms with Crippen molar-refractivity contribution in [2.75, 3.05) is 41.3 Å². The minimum absolute atomic E-state index is 0. The Hall–Kier alpha value is -2.98. The van der Waals surface area contributed by atoms with Crippen LogP contribution in [0.15, 0.2) is 18.5 Å². The van der Waals surface area contributed by atoms with Gasteiger partial charge in [-0.3, -0.25) is 10.2 Å². The predicted molar refractivity (Wildman–Crippen MR) is 121 cm³/mol. The van der Waals surface area contributed by atoms with Gasteiger partial charge in [-0.05, 0) is 33.3 Å². The minimum Gasteiger partial charge on any atom is -0.368 e. The van der Waals surface area contributed by atoms with Crippen LogP contribution in [0.1, 0.15) is 24.0 Å². The van der Waals surface area contributed by atoms with Crippen LogP contribution in [0.2, 0.25) is 0 Å². The first kappa shape index (κ1) is 21.3. The maximum absolute atomic E-state index is 13.0. The molecule has 3 aromatic heterocycles. The first-order valence-electron chi connectivity index (χ1n) is 10.2. The highest BCUT2D eigenvalue weighted by Crippen LogP contribution is 2.34. The molecule has 1 atom stereocenters. The Kier molecular flexibility index (Phi) is 5.67. The summed E-state index contributed by atoms with van der Waals surface area (Å²) in [5.74, 6) is 1.83. The third-order valence-corrected chi connectivity index (χ3v) is 5.63. The first-order valence-corrected chi connectivity index (χ1v) is 10.2. The second-order valence-corrected chi connectivity index (χ2v) is 7.90. The van der Waals surface area contributed by atoms with Crippen molar-refractivity contribution in [2.45, 2.75) is 33.2 Å². The molecule has 5 rings (SSSR count). The molecule has 0 aromatic carbocycles. The number of pyridine rings is 1. The summed E-state index contributed by atoms with van der Waals surface area (Å²) in [6.45, 7) is 9.32. The van der Waals surface area contributed by atoms with Gasteiger partial charge in [0.2, 0.25) is 0 Å². The number of halogens is 1. The fourth-order valence-electron chi connectivity index (χ4n) is 4.30. The number of nitrogens with zero attached hydrogens (tertiary/aromatic N) is 7. The van der Waals surface area contributed by atoms with Crippen LogP contribution in [0.25, 0.3) is 5.65 Å². The average Bonchev–Trinajstić information content (AvgIpc) is 3.31. The SMILES string of the molecule is Cc1nc2c(C)nc(NC(=O)N3CCc4c(N5CCN[C@@H](C)C5)ccnc43)cn2n1.Cl. The molecule has 2 amide bonds. The number of anilines is 3. The maximum Gasteiger partial charge on any atom is 0.328 e. The fourth-order valence-corrected chi connectivity index (χ4v) is 4.30. The van der Waals surface area contributed by atoms with E-state index in [1.54, 1.807) is 21.8 Å². The zero-order valence-electron chi connectivity index (χ0n) is 17.8. The summed E-state index contributed by atoms with van der Waals surface area (Å²) in [6, 6.07) is 2.26. The highest BCUT2D eigenvalue weighted by molar-refractivity contribution is 6.02. The lowest BCUT2D eigenvalue weighted by atomic mass is 10.1. The number of nitrogens with one attached hydrogen (secondary N) is 2. The van der Waals surface area contributed by atoms with Crippen LogP contribution in [0.3, 0.4) is 0 Å². The van der Waals surface area contributed by atoms with Crippen LogP contribution in [0, 0.1) is 13.8 Å². The van der Waals surface area contributed by atoms with E-state index in [0.717, 1.165) is 37.4 Å².